The topological polar surface area (TPSA) is 87.8 Å². The molecule has 2 aromatic rings. The number of aromatic nitrogens is 2. The van der Waals surface area contributed by atoms with Crippen molar-refractivity contribution in [2.45, 2.75) is 39.5 Å². The molecule has 0 radical (unpaired) electrons. The Morgan fingerprint density at radius 3 is 2.62 bits per heavy atom. The molecule has 7 nitrogen and oxygen atoms in total. The van der Waals surface area contributed by atoms with Crippen molar-refractivity contribution in [2.75, 3.05) is 32.8 Å². The van der Waals surface area contributed by atoms with Crippen LogP contribution in [0.2, 0.25) is 0 Å². The maximum atomic E-state index is 11.4. The summed E-state index contributed by atoms with van der Waals surface area (Å²) in [4.78, 5) is 13.6. The zero-order valence-corrected chi connectivity index (χ0v) is 17.5. The second-order valence-electron chi connectivity index (χ2n) is 8.46. The lowest BCUT2D eigenvalue weighted by Gasteiger charge is -2.36. The maximum Gasteiger partial charge on any atom is 0.310 e. The van der Waals surface area contributed by atoms with Crippen LogP contribution in [0.5, 0.6) is 5.88 Å². The summed E-state index contributed by atoms with van der Waals surface area (Å²) in [5.74, 6) is 0.251. The number of aryl methyl sites for hydroxylation is 1. The number of hydrogen-bond donors (Lipinski definition) is 2. The molecule has 158 valence electrons. The molecular weight excluding hydrogens is 370 g/mol. The molecule has 1 saturated heterocycles. The van der Waals surface area contributed by atoms with E-state index >= 15 is 0 Å². The van der Waals surface area contributed by atoms with Gasteiger partial charge >= 0.3 is 5.97 Å². The van der Waals surface area contributed by atoms with Crippen molar-refractivity contribution in [1.82, 2.24) is 14.7 Å². The van der Waals surface area contributed by atoms with Gasteiger partial charge in [-0.1, -0.05) is 12.1 Å². The Hall–Kier alpha value is -2.38. The summed E-state index contributed by atoms with van der Waals surface area (Å²) in [6.45, 7) is 8.30. The van der Waals surface area contributed by atoms with Gasteiger partial charge in [-0.05, 0) is 69.8 Å². The minimum atomic E-state index is -0.741. The highest BCUT2D eigenvalue weighted by Gasteiger charge is 2.31. The first kappa shape index (κ1) is 21.3. The number of hydrogen-bond acceptors (Lipinski definition) is 5. The summed E-state index contributed by atoms with van der Waals surface area (Å²) < 4.78 is 7.15. The van der Waals surface area contributed by atoms with Crippen molar-refractivity contribution in [3.05, 3.63) is 41.6 Å². The molecule has 3 rings (SSSR count). The van der Waals surface area contributed by atoms with Crippen LogP contribution in [0.25, 0.3) is 5.69 Å². The molecule has 1 aliphatic rings. The van der Waals surface area contributed by atoms with Gasteiger partial charge in [-0.2, -0.15) is 0 Å². The Bertz CT molecular complexity index is 838. The van der Waals surface area contributed by atoms with Gasteiger partial charge in [0.2, 0.25) is 5.88 Å². The summed E-state index contributed by atoms with van der Waals surface area (Å²) in [5, 5.41) is 22.6. The molecule has 1 aromatic carbocycles. The van der Waals surface area contributed by atoms with Crippen LogP contribution >= 0.6 is 0 Å². The van der Waals surface area contributed by atoms with Crippen LogP contribution in [0.1, 0.15) is 43.7 Å². The van der Waals surface area contributed by atoms with Gasteiger partial charge in [0.15, 0.2) is 0 Å². The molecule has 7 heteroatoms. The number of carbonyl (C=O) groups is 1. The fourth-order valence-corrected chi connectivity index (χ4v) is 3.91. The molecule has 0 atom stereocenters. The van der Waals surface area contributed by atoms with Crippen LogP contribution in [0.15, 0.2) is 30.5 Å². The number of benzene rings is 1. The van der Waals surface area contributed by atoms with Crippen molar-refractivity contribution in [2.24, 2.45) is 5.41 Å². The van der Waals surface area contributed by atoms with Gasteiger partial charge in [0.1, 0.15) is 6.61 Å². The minimum absolute atomic E-state index is 0.0345. The lowest BCUT2D eigenvalue weighted by atomic mass is 9.86. The number of aliphatic hydroxyl groups excluding tert-OH is 1. The lowest BCUT2D eigenvalue weighted by molar-refractivity contribution is -0.148. The summed E-state index contributed by atoms with van der Waals surface area (Å²) in [6, 6.07) is 8.28. The summed E-state index contributed by atoms with van der Waals surface area (Å²) in [5.41, 5.74) is 2.77. The standard InChI is InChI=1S/C22H31N3O4/c1-16-14-18(4-5-19(16)25-11-8-20(23-25)29-13-12-26)17-6-9-24(10-7-17)15-22(2,3)21(27)28/h4-5,8,11,14,17,26H,6-7,9-10,12-13,15H2,1-3H3,(H,27,28). The highest BCUT2D eigenvalue weighted by molar-refractivity contribution is 5.73. The van der Waals surface area contributed by atoms with Crippen LogP contribution in [0.4, 0.5) is 0 Å². The Labute approximate surface area is 171 Å². The second-order valence-corrected chi connectivity index (χ2v) is 8.46. The molecular formula is C22H31N3O4. The smallest absolute Gasteiger partial charge is 0.310 e. The van der Waals surface area contributed by atoms with E-state index in [1.54, 1.807) is 24.6 Å². The molecule has 0 bridgehead atoms. The van der Waals surface area contributed by atoms with Gasteiger partial charge in [0, 0.05) is 18.8 Å². The number of aliphatic carboxylic acids is 1. The molecule has 0 saturated carbocycles. The van der Waals surface area contributed by atoms with Crippen LogP contribution in [-0.4, -0.2) is 63.7 Å². The predicted molar refractivity (Wildman–Crippen MR) is 111 cm³/mol. The minimum Gasteiger partial charge on any atom is -0.481 e. The average molecular weight is 402 g/mol. The molecule has 1 aliphatic heterocycles. The number of likely N-dealkylation sites (tertiary alicyclic amines) is 1. The van der Waals surface area contributed by atoms with E-state index in [-0.39, 0.29) is 13.2 Å². The van der Waals surface area contributed by atoms with Gasteiger partial charge < -0.3 is 19.8 Å². The van der Waals surface area contributed by atoms with Crippen molar-refractivity contribution < 1.29 is 19.7 Å². The third-order valence-corrected chi connectivity index (χ3v) is 5.63. The van der Waals surface area contributed by atoms with Crippen LogP contribution in [-0.2, 0) is 4.79 Å². The SMILES string of the molecule is Cc1cc(C2CCN(CC(C)(C)C(=O)O)CC2)ccc1-n1ccc(OCCO)n1. The highest BCUT2D eigenvalue weighted by atomic mass is 16.5. The molecule has 0 amide bonds. The van der Waals surface area contributed by atoms with E-state index in [1.807, 2.05) is 6.20 Å². The Morgan fingerprint density at radius 1 is 1.28 bits per heavy atom. The fourth-order valence-electron chi connectivity index (χ4n) is 3.91. The van der Waals surface area contributed by atoms with Gasteiger partial charge in [-0.15, -0.1) is 5.10 Å². The maximum absolute atomic E-state index is 11.4. The van der Waals surface area contributed by atoms with Crippen LogP contribution in [0, 0.1) is 12.3 Å². The summed E-state index contributed by atoms with van der Waals surface area (Å²) in [6.07, 6.45) is 3.93. The van der Waals surface area contributed by atoms with E-state index in [2.05, 4.69) is 35.1 Å². The molecule has 0 aliphatic carbocycles. The van der Waals surface area contributed by atoms with Crippen molar-refractivity contribution in [3.63, 3.8) is 0 Å². The largest absolute Gasteiger partial charge is 0.481 e. The van der Waals surface area contributed by atoms with Gasteiger partial charge in [-0.25, -0.2) is 4.68 Å². The Balaban J connectivity index is 1.62. The summed E-state index contributed by atoms with van der Waals surface area (Å²) in [7, 11) is 0. The van der Waals surface area contributed by atoms with E-state index in [1.165, 1.54) is 5.56 Å². The van der Waals surface area contributed by atoms with E-state index < -0.39 is 11.4 Å². The normalized spacial score (nSPS) is 16.1. The van der Waals surface area contributed by atoms with E-state index in [0.717, 1.165) is 37.2 Å². The first-order valence-electron chi connectivity index (χ1n) is 10.2. The first-order chi connectivity index (χ1) is 13.8. The Morgan fingerprint density at radius 2 is 2.00 bits per heavy atom. The lowest BCUT2D eigenvalue weighted by Crippen LogP contribution is -2.42. The molecule has 29 heavy (non-hydrogen) atoms. The van der Waals surface area contributed by atoms with Crippen molar-refractivity contribution >= 4 is 5.97 Å². The number of carboxylic acid groups (broad SMARTS) is 1. The third-order valence-electron chi connectivity index (χ3n) is 5.63. The zero-order chi connectivity index (χ0) is 21.0. The van der Waals surface area contributed by atoms with E-state index in [0.29, 0.717) is 18.3 Å². The number of aliphatic hydroxyl groups is 1. The molecule has 2 N–H and O–H groups in total. The van der Waals surface area contributed by atoms with Crippen LogP contribution < -0.4 is 4.74 Å². The van der Waals surface area contributed by atoms with E-state index in [4.69, 9.17) is 9.84 Å². The quantitative estimate of drug-likeness (QED) is 0.707. The van der Waals surface area contributed by atoms with Gasteiger partial charge in [0.25, 0.3) is 0 Å². The first-order valence-corrected chi connectivity index (χ1v) is 10.2. The number of piperidine rings is 1. The van der Waals surface area contributed by atoms with Crippen molar-refractivity contribution in [3.8, 4) is 11.6 Å². The molecule has 1 fully saturated rings. The van der Waals surface area contributed by atoms with Gasteiger partial charge in [0.05, 0.1) is 17.7 Å². The molecule has 0 spiro atoms. The Kier molecular flexibility index (Phi) is 6.59. The second kappa shape index (κ2) is 8.97. The third kappa shape index (κ3) is 5.16. The highest BCUT2D eigenvalue weighted by Crippen LogP contribution is 2.31. The number of ether oxygens (including phenoxy) is 1. The van der Waals surface area contributed by atoms with Crippen LogP contribution in [0.3, 0.4) is 0 Å². The molecule has 2 heterocycles. The number of carboxylic acids is 1. The zero-order valence-electron chi connectivity index (χ0n) is 17.5. The van der Waals surface area contributed by atoms with Gasteiger partial charge in [-0.3, -0.25) is 4.79 Å². The monoisotopic (exact) mass is 401 g/mol. The number of rotatable bonds is 8. The summed E-state index contributed by atoms with van der Waals surface area (Å²) >= 11 is 0. The molecule has 0 unspecified atom stereocenters. The predicted octanol–water partition coefficient (Wildman–Crippen LogP) is 2.84. The number of nitrogens with zero attached hydrogens (tertiary/aromatic N) is 3. The molecule has 1 aromatic heterocycles. The average Bonchev–Trinajstić information content (AvgIpc) is 3.15. The fraction of sp³-hybridized carbons (Fsp3) is 0.545. The van der Waals surface area contributed by atoms with Crippen molar-refractivity contribution in [1.29, 1.82) is 0 Å². The van der Waals surface area contributed by atoms with E-state index in [9.17, 15) is 9.90 Å².